The van der Waals surface area contributed by atoms with Crippen molar-refractivity contribution in [2.24, 2.45) is 0 Å². The zero-order valence-corrected chi connectivity index (χ0v) is 18.6. The molecule has 2 heterocycles. The summed E-state index contributed by atoms with van der Waals surface area (Å²) in [5.74, 6) is 1.08. The Morgan fingerprint density at radius 2 is 1.78 bits per heavy atom. The fraction of sp³-hybridized carbons (Fsp3) is 0.320. The number of nitrogens with zero attached hydrogens (tertiary/aromatic N) is 2. The number of hydrogen-bond acceptors (Lipinski definition) is 4. The topological polar surface area (TPSA) is 75.4 Å². The van der Waals surface area contributed by atoms with Gasteiger partial charge in [0.15, 0.2) is 11.7 Å². The smallest absolute Gasteiger partial charge is 0.253 e. The van der Waals surface area contributed by atoms with Gasteiger partial charge in [0.1, 0.15) is 0 Å². The molecule has 2 amide bonds. The van der Waals surface area contributed by atoms with Crippen LogP contribution in [0.3, 0.4) is 0 Å². The van der Waals surface area contributed by atoms with Crippen molar-refractivity contribution in [3.63, 3.8) is 0 Å². The van der Waals surface area contributed by atoms with E-state index >= 15 is 0 Å². The predicted molar refractivity (Wildman–Crippen MR) is 123 cm³/mol. The molecule has 0 atom stereocenters. The second kappa shape index (κ2) is 10.5. The molecule has 1 aliphatic heterocycles. The fourth-order valence-corrected chi connectivity index (χ4v) is 3.99. The fourth-order valence-electron chi connectivity index (χ4n) is 3.77. The van der Waals surface area contributed by atoms with Crippen LogP contribution in [0.2, 0.25) is 5.02 Å². The van der Waals surface area contributed by atoms with Crippen LogP contribution in [-0.4, -0.2) is 34.8 Å². The molecule has 1 aromatic heterocycles. The number of halogens is 1. The number of oxazole rings is 1. The number of rotatable bonds is 7. The molecular formula is C25H26ClN3O3. The monoisotopic (exact) mass is 451 g/mol. The molecule has 1 aliphatic rings. The molecule has 1 saturated heterocycles. The highest BCUT2D eigenvalue weighted by atomic mass is 35.5. The highest BCUT2D eigenvalue weighted by molar-refractivity contribution is 6.33. The summed E-state index contributed by atoms with van der Waals surface area (Å²) in [6, 6.07) is 14.8. The van der Waals surface area contributed by atoms with Crippen molar-refractivity contribution < 1.29 is 14.0 Å². The zero-order chi connectivity index (χ0) is 22.3. The summed E-state index contributed by atoms with van der Waals surface area (Å²) >= 11 is 6.19. The molecule has 0 unspecified atom stereocenters. The lowest BCUT2D eigenvalue weighted by Crippen LogP contribution is -2.35. The lowest BCUT2D eigenvalue weighted by Gasteiger charge is -2.26. The van der Waals surface area contributed by atoms with Crippen LogP contribution >= 0.6 is 11.6 Å². The van der Waals surface area contributed by atoms with Gasteiger partial charge in [0.25, 0.3) is 5.91 Å². The van der Waals surface area contributed by atoms with E-state index in [0.717, 1.165) is 37.1 Å². The summed E-state index contributed by atoms with van der Waals surface area (Å²) in [5, 5.41) is 3.50. The molecule has 0 bridgehead atoms. The number of likely N-dealkylation sites (tertiary alicyclic amines) is 1. The third kappa shape index (κ3) is 5.56. The van der Waals surface area contributed by atoms with Crippen LogP contribution in [0, 0.1) is 0 Å². The Bertz CT molecular complexity index is 1070. The van der Waals surface area contributed by atoms with Gasteiger partial charge < -0.3 is 14.6 Å². The van der Waals surface area contributed by atoms with Gasteiger partial charge in [0.05, 0.1) is 11.2 Å². The molecule has 7 heteroatoms. The summed E-state index contributed by atoms with van der Waals surface area (Å²) in [6.07, 6.45) is 5.64. The number of piperidine rings is 1. The molecule has 6 nitrogen and oxygen atoms in total. The van der Waals surface area contributed by atoms with Crippen molar-refractivity contribution >= 4 is 23.4 Å². The van der Waals surface area contributed by atoms with E-state index in [1.54, 1.807) is 12.3 Å². The van der Waals surface area contributed by atoms with Crippen LogP contribution in [0.5, 0.6) is 0 Å². The van der Waals surface area contributed by atoms with E-state index < -0.39 is 0 Å². The van der Waals surface area contributed by atoms with Crippen molar-refractivity contribution in [2.75, 3.05) is 13.1 Å². The average molecular weight is 452 g/mol. The van der Waals surface area contributed by atoms with Crippen LogP contribution in [0.25, 0.3) is 11.3 Å². The number of aryl methyl sites for hydroxylation is 1. The first kappa shape index (κ1) is 22.1. The molecule has 3 aromatic rings. The molecule has 1 N–H and O–H groups in total. The Balaban J connectivity index is 1.24. The summed E-state index contributed by atoms with van der Waals surface area (Å²) in [6.45, 7) is 2.08. The van der Waals surface area contributed by atoms with Crippen molar-refractivity contribution in [3.05, 3.63) is 76.8 Å². The van der Waals surface area contributed by atoms with E-state index in [1.165, 1.54) is 6.42 Å². The Labute approximate surface area is 192 Å². The minimum Gasteiger partial charge on any atom is -0.441 e. The number of benzene rings is 2. The highest BCUT2D eigenvalue weighted by Gasteiger charge is 2.18. The number of nitrogens with one attached hydrogen (secondary N) is 1. The Morgan fingerprint density at radius 1 is 1.03 bits per heavy atom. The standard InChI is InChI=1S/C25H26ClN3O3/c26-21-7-3-2-6-20(21)22-17-28-24(32-22)13-12-23(30)27-16-18-8-10-19(11-9-18)25(31)29-14-4-1-5-15-29/h2-3,6-11,17H,1,4-5,12-16H2,(H,27,30). The van der Waals surface area contributed by atoms with Gasteiger partial charge in [-0.1, -0.05) is 35.9 Å². The van der Waals surface area contributed by atoms with E-state index in [0.29, 0.717) is 35.2 Å². The van der Waals surface area contributed by atoms with Gasteiger partial charge in [0, 0.05) is 43.6 Å². The molecule has 0 radical (unpaired) electrons. The summed E-state index contributed by atoms with van der Waals surface area (Å²) < 4.78 is 5.74. The molecular weight excluding hydrogens is 426 g/mol. The minimum atomic E-state index is -0.0871. The SMILES string of the molecule is O=C(CCc1ncc(-c2ccccc2Cl)o1)NCc1ccc(C(=O)N2CCCCC2)cc1. The van der Waals surface area contributed by atoms with Crippen LogP contribution < -0.4 is 5.32 Å². The first-order chi connectivity index (χ1) is 15.6. The lowest BCUT2D eigenvalue weighted by atomic mass is 10.1. The maximum absolute atomic E-state index is 12.5. The zero-order valence-electron chi connectivity index (χ0n) is 17.9. The van der Waals surface area contributed by atoms with E-state index in [4.69, 9.17) is 16.0 Å². The van der Waals surface area contributed by atoms with Gasteiger partial charge in [0.2, 0.25) is 5.91 Å². The normalized spacial score (nSPS) is 13.7. The second-order valence-electron chi connectivity index (χ2n) is 7.92. The molecule has 166 valence electrons. The minimum absolute atomic E-state index is 0.0855. The van der Waals surface area contributed by atoms with Gasteiger partial charge >= 0.3 is 0 Å². The second-order valence-corrected chi connectivity index (χ2v) is 8.33. The predicted octanol–water partition coefficient (Wildman–Crippen LogP) is 4.87. The van der Waals surface area contributed by atoms with E-state index in [-0.39, 0.29) is 18.2 Å². The molecule has 1 fully saturated rings. The Kier molecular flexibility index (Phi) is 7.22. The first-order valence-electron chi connectivity index (χ1n) is 10.9. The maximum atomic E-state index is 12.5. The Morgan fingerprint density at radius 3 is 2.53 bits per heavy atom. The number of carbonyl (C=O) groups excluding carboxylic acids is 2. The van der Waals surface area contributed by atoms with Crippen molar-refractivity contribution in [1.29, 1.82) is 0 Å². The van der Waals surface area contributed by atoms with Crippen LogP contribution in [0.15, 0.2) is 59.1 Å². The number of hydrogen-bond donors (Lipinski definition) is 1. The first-order valence-corrected chi connectivity index (χ1v) is 11.3. The summed E-state index contributed by atoms with van der Waals surface area (Å²) in [4.78, 5) is 30.9. The van der Waals surface area contributed by atoms with E-state index in [1.807, 2.05) is 47.4 Å². The summed E-state index contributed by atoms with van der Waals surface area (Å²) in [5.41, 5.74) is 2.42. The number of carbonyl (C=O) groups is 2. The van der Waals surface area contributed by atoms with Crippen molar-refractivity contribution in [1.82, 2.24) is 15.2 Å². The van der Waals surface area contributed by atoms with Crippen molar-refractivity contribution in [2.45, 2.75) is 38.6 Å². The molecule has 0 saturated carbocycles. The van der Waals surface area contributed by atoms with Crippen molar-refractivity contribution in [3.8, 4) is 11.3 Å². The van der Waals surface area contributed by atoms with E-state index in [2.05, 4.69) is 10.3 Å². The quantitative estimate of drug-likeness (QED) is 0.556. The molecule has 4 rings (SSSR count). The van der Waals surface area contributed by atoms with Gasteiger partial charge in [-0.15, -0.1) is 0 Å². The largest absolute Gasteiger partial charge is 0.441 e. The van der Waals surface area contributed by atoms with Gasteiger partial charge in [-0.2, -0.15) is 0 Å². The third-order valence-corrected chi connectivity index (χ3v) is 5.92. The third-order valence-electron chi connectivity index (χ3n) is 5.59. The average Bonchev–Trinajstić information content (AvgIpc) is 3.31. The molecule has 0 spiro atoms. The number of aromatic nitrogens is 1. The van der Waals surface area contributed by atoms with Gasteiger partial charge in [-0.25, -0.2) is 4.98 Å². The number of amides is 2. The van der Waals surface area contributed by atoms with Gasteiger partial charge in [-0.05, 0) is 49.1 Å². The molecule has 32 heavy (non-hydrogen) atoms. The van der Waals surface area contributed by atoms with Crippen LogP contribution in [0.1, 0.15) is 47.5 Å². The maximum Gasteiger partial charge on any atom is 0.253 e. The molecule has 0 aliphatic carbocycles. The summed E-state index contributed by atoms with van der Waals surface area (Å²) in [7, 11) is 0. The Hall–Kier alpha value is -3.12. The van der Waals surface area contributed by atoms with Crippen LogP contribution in [0.4, 0.5) is 0 Å². The van der Waals surface area contributed by atoms with E-state index in [9.17, 15) is 9.59 Å². The lowest BCUT2D eigenvalue weighted by molar-refractivity contribution is -0.121. The highest BCUT2D eigenvalue weighted by Crippen LogP contribution is 2.28. The van der Waals surface area contributed by atoms with Crippen LogP contribution in [-0.2, 0) is 17.8 Å². The molecule has 2 aromatic carbocycles. The van der Waals surface area contributed by atoms with Gasteiger partial charge in [-0.3, -0.25) is 9.59 Å².